The van der Waals surface area contributed by atoms with Gasteiger partial charge in [0.2, 0.25) is 0 Å². The van der Waals surface area contributed by atoms with Crippen LogP contribution in [0.15, 0.2) is 29.1 Å². The van der Waals surface area contributed by atoms with Gasteiger partial charge >= 0.3 is 5.97 Å². The number of nitrogens with zero attached hydrogens (tertiary/aromatic N) is 3. The normalized spacial score (nSPS) is 16.6. The summed E-state index contributed by atoms with van der Waals surface area (Å²) >= 11 is 1.20. The van der Waals surface area contributed by atoms with E-state index >= 15 is 0 Å². The average molecular weight is 473 g/mol. The summed E-state index contributed by atoms with van der Waals surface area (Å²) in [6, 6.07) is 6.81. The Balaban J connectivity index is 1.51. The minimum Gasteiger partial charge on any atom is -0.462 e. The lowest BCUT2D eigenvalue weighted by Crippen LogP contribution is -2.33. The molecule has 1 N–H and O–H groups in total. The Morgan fingerprint density at radius 2 is 2.06 bits per heavy atom. The number of thiophene rings is 1. The first-order valence-electron chi connectivity index (χ1n) is 11.3. The minimum absolute atomic E-state index is 0.0936. The van der Waals surface area contributed by atoms with Crippen molar-refractivity contribution in [3.63, 3.8) is 0 Å². The van der Waals surface area contributed by atoms with Gasteiger partial charge in [-0.3, -0.25) is 14.6 Å². The van der Waals surface area contributed by atoms with E-state index < -0.39 is 5.97 Å². The van der Waals surface area contributed by atoms with Crippen LogP contribution in [-0.2, 0) is 11.3 Å². The second kappa shape index (κ2) is 10.1. The van der Waals surface area contributed by atoms with E-state index in [0.29, 0.717) is 38.6 Å². The summed E-state index contributed by atoms with van der Waals surface area (Å²) in [4.78, 5) is 38.3. The maximum absolute atomic E-state index is 14.1. The lowest BCUT2D eigenvalue weighted by Gasteiger charge is -2.27. The van der Waals surface area contributed by atoms with Crippen molar-refractivity contribution in [3.8, 4) is 0 Å². The maximum atomic E-state index is 14.1. The number of benzene rings is 1. The van der Waals surface area contributed by atoms with Crippen molar-refractivity contribution < 1.29 is 13.9 Å². The van der Waals surface area contributed by atoms with Crippen LogP contribution in [0.1, 0.15) is 52.9 Å². The predicted molar refractivity (Wildman–Crippen MR) is 127 cm³/mol. The third-order valence-electron chi connectivity index (χ3n) is 6.20. The van der Waals surface area contributed by atoms with Gasteiger partial charge in [0.25, 0.3) is 5.56 Å². The number of nitrogens with one attached hydrogen (secondary N) is 1. The van der Waals surface area contributed by atoms with Crippen LogP contribution in [0.3, 0.4) is 0 Å². The van der Waals surface area contributed by atoms with Crippen LogP contribution in [0.25, 0.3) is 10.2 Å². The van der Waals surface area contributed by atoms with E-state index in [-0.39, 0.29) is 24.0 Å². The highest BCUT2D eigenvalue weighted by Crippen LogP contribution is 2.29. The molecule has 9 heteroatoms. The molecule has 1 aromatic carbocycles. The highest BCUT2D eigenvalue weighted by molar-refractivity contribution is 7.20. The topological polar surface area (TPSA) is 78.5 Å². The number of halogens is 1. The summed E-state index contributed by atoms with van der Waals surface area (Å²) in [5.74, 6) is -0.00310. The van der Waals surface area contributed by atoms with E-state index in [1.165, 1.54) is 17.4 Å². The second-order valence-corrected chi connectivity index (χ2v) is 9.34. The summed E-state index contributed by atoms with van der Waals surface area (Å²) in [5, 5.41) is 0.450. The Hall–Kier alpha value is -2.62. The number of H-pyrrole nitrogens is 1. The number of aromatic nitrogens is 2. The van der Waals surface area contributed by atoms with E-state index in [9.17, 15) is 14.0 Å². The Bertz CT molecular complexity index is 1210. The number of carbonyl (C=O) groups is 1. The van der Waals surface area contributed by atoms with E-state index in [0.717, 1.165) is 32.6 Å². The molecule has 0 amide bonds. The number of esters is 1. The van der Waals surface area contributed by atoms with Gasteiger partial charge in [0, 0.05) is 31.7 Å². The van der Waals surface area contributed by atoms with Crippen molar-refractivity contribution in [1.82, 2.24) is 19.8 Å². The highest BCUT2D eigenvalue weighted by atomic mass is 32.1. The van der Waals surface area contributed by atoms with Crippen molar-refractivity contribution in [2.45, 2.75) is 39.8 Å². The first-order chi connectivity index (χ1) is 15.9. The molecule has 4 rings (SSSR count). The van der Waals surface area contributed by atoms with Crippen molar-refractivity contribution >= 4 is 27.5 Å². The molecule has 33 heavy (non-hydrogen) atoms. The Labute approximate surface area is 196 Å². The van der Waals surface area contributed by atoms with Crippen LogP contribution in [0.4, 0.5) is 4.39 Å². The molecular formula is C24H29FN4O3S. The third-order valence-corrected chi connectivity index (χ3v) is 7.36. The van der Waals surface area contributed by atoms with Gasteiger partial charge in [-0.15, -0.1) is 11.3 Å². The molecule has 1 aliphatic rings. The standard InChI is InChI=1S/C24H29FN4O3S/c1-4-32-24(31)20-15(2)19-22(30)26-21(27-23(19)33-20)16(3)29-11-7-10-28(12-13-29)14-17-8-5-6-9-18(17)25/h5-6,8-9,16H,4,7,10-14H2,1-3H3,(H,26,27,30). The van der Waals surface area contributed by atoms with E-state index in [4.69, 9.17) is 9.72 Å². The molecule has 0 radical (unpaired) electrons. The molecular weight excluding hydrogens is 443 g/mol. The lowest BCUT2D eigenvalue weighted by atomic mass is 10.2. The number of carbonyl (C=O) groups excluding carboxylic acids is 1. The Kier molecular flexibility index (Phi) is 7.21. The molecule has 1 aliphatic heterocycles. The molecule has 1 unspecified atom stereocenters. The summed E-state index contributed by atoms with van der Waals surface area (Å²) in [6.45, 7) is 9.73. The molecule has 1 fully saturated rings. The zero-order valence-electron chi connectivity index (χ0n) is 19.2. The number of aryl methyl sites for hydroxylation is 1. The van der Waals surface area contributed by atoms with Crippen LogP contribution >= 0.6 is 11.3 Å². The van der Waals surface area contributed by atoms with Crippen LogP contribution in [0.2, 0.25) is 0 Å². The first kappa shape index (κ1) is 23.5. The number of ether oxygens (including phenoxy) is 1. The van der Waals surface area contributed by atoms with Crippen LogP contribution < -0.4 is 5.56 Å². The molecule has 0 spiro atoms. The van der Waals surface area contributed by atoms with E-state index in [1.807, 2.05) is 19.1 Å². The van der Waals surface area contributed by atoms with E-state index in [2.05, 4.69) is 14.8 Å². The van der Waals surface area contributed by atoms with Crippen molar-refractivity contribution in [2.75, 3.05) is 32.8 Å². The van der Waals surface area contributed by atoms with Crippen molar-refractivity contribution in [1.29, 1.82) is 0 Å². The number of aromatic amines is 1. The lowest BCUT2D eigenvalue weighted by molar-refractivity contribution is 0.0531. The predicted octanol–water partition coefficient (Wildman–Crippen LogP) is 3.88. The number of hydrogen-bond donors (Lipinski definition) is 1. The summed E-state index contributed by atoms with van der Waals surface area (Å²) < 4.78 is 19.2. The van der Waals surface area contributed by atoms with Crippen molar-refractivity contribution in [3.05, 3.63) is 62.3 Å². The quantitative estimate of drug-likeness (QED) is 0.549. The van der Waals surface area contributed by atoms with Gasteiger partial charge in [0.1, 0.15) is 21.3 Å². The fourth-order valence-corrected chi connectivity index (χ4v) is 5.41. The van der Waals surface area contributed by atoms with Gasteiger partial charge in [-0.05, 0) is 45.4 Å². The molecule has 3 heterocycles. The van der Waals surface area contributed by atoms with Crippen LogP contribution in [0.5, 0.6) is 0 Å². The molecule has 1 atom stereocenters. The van der Waals surface area contributed by atoms with Gasteiger partial charge in [-0.1, -0.05) is 18.2 Å². The largest absolute Gasteiger partial charge is 0.462 e. The SMILES string of the molecule is CCOC(=O)c1sc2nc(C(C)N3CCCN(Cc4ccccc4F)CC3)[nH]c(=O)c2c1C. The van der Waals surface area contributed by atoms with E-state index in [1.54, 1.807) is 19.9 Å². The van der Waals surface area contributed by atoms with Gasteiger partial charge in [0.15, 0.2) is 0 Å². The minimum atomic E-state index is -0.422. The first-order valence-corrected chi connectivity index (χ1v) is 12.1. The Morgan fingerprint density at radius 3 is 2.82 bits per heavy atom. The molecule has 0 aliphatic carbocycles. The van der Waals surface area contributed by atoms with Gasteiger partial charge < -0.3 is 9.72 Å². The summed E-state index contributed by atoms with van der Waals surface area (Å²) in [6.07, 6.45) is 0.941. The highest BCUT2D eigenvalue weighted by Gasteiger charge is 2.25. The number of fused-ring (bicyclic) bond motifs is 1. The molecule has 176 valence electrons. The van der Waals surface area contributed by atoms with Crippen molar-refractivity contribution in [2.24, 2.45) is 0 Å². The third kappa shape index (κ3) is 5.00. The molecule has 0 bridgehead atoms. The monoisotopic (exact) mass is 472 g/mol. The number of rotatable bonds is 6. The summed E-state index contributed by atoms with van der Waals surface area (Å²) in [5.41, 5.74) is 1.09. The zero-order valence-corrected chi connectivity index (χ0v) is 20.0. The zero-order chi connectivity index (χ0) is 23.5. The second-order valence-electron chi connectivity index (χ2n) is 8.34. The average Bonchev–Trinajstić information content (AvgIpc) is 2.97. The molecule has 3 aromatic rings. The fourth-order valence-electron chi connectivity index (χ4n) is 4.33. The van der Waals surface area contributed by atoms with Gasteiger partial charge in [0.05, 0.1) is 18.0 Å². The van der Waals surface area contributed by atoms with Gasteiger partial charge in [-0.25, -0.2) is 14.2 Å². The molecule has 7 nitrogen and oxygen atoms in total. The maximum Gasteiger partial charge on any atom is 0.348 e. The molecule has 0 saturated carbocycles. The molecule has 1 saturated heterocycles. The Morgan fingerprint density at radius 1 is 1.27 bits per heavy atom. The number of hydrogen-bond acceptors (Lipinski definition) is 7. The fraction of sp³-hybridized carbons (Fsp3) is 0.458. The molecule has 2 aromatic heterocycles. The van der Waals surface area contributed by atoms with Crippen LogP contribution in [0, 0.1) is 12.7 Å². The van der Waals surface area contributed by atoms with Gasteiger partial charge in [-0.2, -0.15) is 0 Å². The smallest absolute Gasteiger partial charge is 0.348 e. The van der Waals surface area contributed by atoms with Crippen LogP contribution in [-0.4, -0.2) is 58.5 Å². The summed E-state index contributed by atoms with van der Waals surface area (Å²) in [7, 11) is 0.